The average molecular weight is 285 g/mol. The highest BCUT2D eigenvalue weighted by molar-refractivity contribution is 5.32. The summed E-state index contributed by atoms with van der Waals surface area (Å²) in [6.45, 7) is 7.21. The zero-order chi connectivity index (χ0) is 15.1. The molecule has 1 fully saturated rings. The maximum absolute atomic E-state index is 9.94. The first-order valence-electron chi connectivity index (χ1n) is 8.21. The summed E-state index contributed by atoms with van der Waals surface area (Å²) in [5, 5.41) is 13.5. The van der Waals surface area contributed by atoms with Crippen LogP contribution < -0.4 is 5.32 Å². The molecule has 0 aliphatic heterocycles. The van der Waals surface area contributed by atoms with Crippen molar-refractivity contribution in [2.24, 2.45) is 0 Å². The first-order chi connectivity index (χ1) is 10.2. The lowest BCUT2D eigenvalue weighted by Gasteiger charge is -2.34. The molecule has 0 spiro atoms. The van der Waals surface area contributed by atoms with Gasteiger partial charge in [-0.1, -0.05) is 50.6 Å². The van der Waals surface area contributed by atoms with Gasteiger partial charge in [0.25, 0.3) is 0 Å². The Morgan fingerprint density at radius 1 is 1.29 bits per heavy atom. The SMILES string of the molecule is CCCCN(CC)CC(C#N)(NC1CC1)c1ccccc1. The topological polar surface area (TPSA) is 39.1 Å². The summed E-state index contributed by atoms with van der Waals surface area (Å²) >= 11 is 0. The Kier molecular flexibility index (Phi) is 5.78. The van der Waals surface area contributed by atoms with Gasteiger partial charge in [0.2, 0.25) is 0 Å². The fraction of sp³-hybridized carbons (Fsp3) is 0.611. The predicted molar refractivity (Wildman–Crippen MR) is 86.9 cm³/mol. The number of benzene rings is 1. The van der Waals surface area contributed by atoms with E-state index >= 15 is 0 Å². The van der Waals surface area contributed by atoms with Crippen LogP contribution in [0.15, 0.2) is 30.3 Å². The molecule has 3 nitrogen and oxygen atoms in total. The van der Waals surface area contributed by atoms with Crippen molar-refractivity contribution in [2.45, 2.75) is 51.1 Å². The number of unbranched alkanes of at least 4 members (excludes halogenated alkanes) is 1. The van der Waals surface area contributed by atoms with Crippen molar-refractivity contribution in [3.8, 4) is 6.07 Å². The number of nitrogens with one attached hydrogen (secondary N) is 1. The van der Waals surface area contributed by atoms with Gasteiger partial charge in [-0.15, -0.1) is 0 Å². The van der Waals surface area contributed by atoms with E-state index in [1.54, 1.807) is 0 Å². The standard InChI is InChI=1S/C18H27N3/c1-3-5-13-21(4-2)15-18(14-19,20-17-11-12-17)16-9-7-6-8-10-16/h6-10,17,20H,3-5,11-13,15H2,1-2H3. The van der Waals surface area contributed by atoms with Crippen LogP contribution in [-0.2, 0) is 5.54 Å². The molecule has 1 atom stereocenters. The highest BCUT2D eigenvalue weighted by Gasteiger charge is 2.39. The van der Waals surface area contributed by atoms with Crippen LogP contribution in [-0.4, -0.2) is 30.6 Å². The van der Waals surface area contributed by atoms with Crippen molar-refractivity contribution in [3.05, 3.63) is 35.9 Å². The Hall–Kier alpha value is -1.37. The predicted octanol–water partition coefficient (Wildman–Crippen LogP) is 3.28. The van der Waals surface area contributed by atoms with Crippen LogP contribution in [0.2, 0.25) is 0 Å². The van der Waals surface area contributed by atoms with E-state index in [1.165, 1.54) is 25.7 Å². The quantitative estimate of drug-likeness (QED) is 0.757. The van der Waals surface area contributed by atoms with Crippen molar-refractivity contribution >= 4 is 0 Å². The lowest BCUT2D eigenvalue weighted by molar-refractivity contribution is 0.215. The van der Waals surface area contributed by atoms with Crippen LogP contribution in [0, 0.1) is 11.3 Å². The molecule has 114 valence electrons. The number of likely N-dealkylation sites (N-methyl/N-ethyl adjacent to an activating group) is 1. The van der Waals surface area contributed by atoms with Gasteiger partial charge in [-0.3, -0.25) is 5.32 Å². The van der Waals surface area contributed by atoms with Crippen LogP contribution in [0.4, 0.5) is 0 Å². The Morgan fingerprint density at radius 2 is 2.00 bits per heavy atom. The molecule has 0 aromatic heterocycles. The minimum Gasteiger partial charge on any atom is -0.300 e. The zero-order valence-corrected chi connectivity index (χ0v) is 13.3. The summed E-state index contributed by atoms with van der Waals surface area (Å²) < 4.78 is 0. The Morgan fingerprint density at radius 3 is 2.52 bits per heavy atom. The van der Waals surface area contributed by atoms with E-state index < -0.39 is 5.54 Å². The molecule has 1 N–H and O–H groups in total. The molecule has 1 aromatic rings. The maximum atomic E-state index is 9.94. The number of nitrogens with zero attached hydrogens (tertiary/aromatic N) is 2. The van der Waals surface area contributed by atoms with Crippen molar-refractivity contribution in [2.75, 3.05) is 19.6 Å². The molecule has 0 radical (unpaired) electrons. The smallest absolute Gasteiger partial charge is 0.145 e. The highest BCUT2D eigenvalue weighted by atomic mass is 15.2. The van der Waals surface area contributed by atoms with Gasteiger partial charge in [0, 0.05) is 12.6 Å². The molecule has 0 heterocycles. The molecule has 2 rings (SSSR count). The normalized spacial score (nSPS) is 17.4. The summed E-state index contributed by atoms with van der Waals surface area (Å²) in [4.78, 5) is 2.40. The third-order valence-electron chi connectivity index (χ3n) is 4.22. The average Bonchev–Trinajstić information content (AvgIpc) is 3.35. The fourth-order valence-electron chi connectivity index (χ4n) is 2.72. The molecule has 3 heteroatoms. The minimum absolute atomic E-state index is 0.509. The largest absolute Gasteiger partial charge is 0.300 e. The summed E-state index contributed by atoms with van der Waals surface area (Å²) in [5.74, 6) is 0. The third kappa shape index (κ3) is 4.30. The molecule has 1 aromatic carbocycles. The van der Waals surface area contributed by atoms with Gasteiger partial charge in [0.15, 0.2) is 0 Å². The second kappa shape index (κ2) is 7.59. The van der Waals surface area contributed by atoms with E-state index in [4.69, 9.17) is 0 Å². The number of rotatable bonds is 9. The Bertz CT molecular complexity index is 461. The molecule has 1 aliphatic rings. The summed E-state index contributed by atoms with van der Waals surface area (Å²) in [6, 6.07) is 13.3. The van der Waals surface area contributed by atoms with Gasteiger partial charge in [0.1, 0.15) is 5.54 Å². The van der Waals surface area contributed by atoms with E-state index in [1.807, 2.05) is 18.2 Å². The van der Waals surface area contributed by atoms with Crippen molar-refractivity contribution in [1.82, 2.24) is 10.2 Å². The van der Waals surface area contributed by atoms with Crippen LogP contribution in [0.1, 0.15) is 45.1 Å². The molecule has 0 amide bonds. The van der Waals surface area contributed by atoms with E-state index in [2.05, 4.69) is 42.3 Å². The van der Waals surface area contributed by atoms with E-state index in [0.717, 1.165) is 25.2 Å². The van der Waals surface area contributed by atoms with Gasteiger partial charge >= 0.3 is 0 Å². The van der Waals surface area contributed by atoms with Gasteiger partial charge in [-0.25, -0.2) is 0 Å². The summed E-state index contributed by atoms with van der Waals surface area (Å²) in [6.07, 6.45) is 4.76. The van der Waals surface area contributed by atoms with Crippen LogP contribution in [0.3, 0.4) is 0 Å². The summed E-state index contributed by atoms with van der Waals surface area (Å²) in [7, 11) is 0. The third-order valence-corrected chi connectivity index (χ3v) is 4.22. The monoisotopic (exact) mass is 285 g/mol. The van der Waals surface area contributed by atoms with Crippen molar-refractivity contribution in [3.63, 3.8) is 0 Å². The first kappa shape index (κ1) is 16.0. The number of hydrogen-bond donors (Lipinski definition) is 1. The number of hydrogen-bond acceptors (Lipinski definition) is 3. The molecule has 0 bridgehead atoms. The molecular weight excluding hydrogens is 258 g/mol. The molecule has 1 saturated carbocycles. The van der Waals surface area contributed by atoms with Crippen molar-refractivity contribution in [1.29, 1.82) is 5.26 Å². The van der Waals surface area contributed by atoms with Gasteiger partial charge in [-0.2, -0.15) is 5.26 Å². The first-order valence-corrected chi connectivity index (χ1v) is 8.21. The molecule has 1 unspecified atom stereocenters. The van der Waals surface area contributed by atoms with Crippen LogP contribution >= 0.6 is 0 Å². The van der Waals surface area contributed by atoms with Gasteiger partial charge < -0.3 is 4.90 Å². The van der Waals surface area contributed by atoms with Gasteiger partial charge in [-0.05, 0) is 37.9 Å². The number of nitriles is 1. The van der Waals surface area contributed by atoms with E-state index in [9.17, 15) is 5.26 Å². The van der Waals surface area contributed by atoms with E-state index in [-0.39, 0.29) is 0 Å². The molecule has 21 heavy (non-hydrogen) atoms. The van der Waals surface area contributed by atoms with Crippen LogP contribution in [0.25, 0.3) is 0 Å². The maximum Gasteiger partial charge on any atom is 0.145 e. The zero-order valence-electron chi connectivity index (χ0n) is 13.3. The highest BCUT2D eigenvalue weighted by Crippen LogP contribution is 2.29. The Balaban J connectivity index is 2.20. The lowest BCUT2D eigenvalue weighted by Crippen LogP contribution is -2.51. The lowest BCUT2D eigenvalue weighted by atomic mass is 9.90. The molecule has 0 saturated heterocycles. The van der Waals surface area contributed by atoms with E-state index in [0.29, 0.717) is 6.04 Å². The van der Waals surface area contributed by atoms with Crippen molar-refractivity contribution < 1.29 is 0 Å². The minimum atomic E-state index is -0.577. The Labute approximate surface area is 129 Å². The second-order valence-electron chi connectivity index (χ2n) is 6.02. The fourth-order valence-corrected chi connectivity index (χ4v) is 2.72. The van der Waals surface area contributed by atoms with Gasteiger partial charge in [0.05, 0.1) is 6.07 Å². The second-order valence-corrected chi connectivity index (χ2v) is 6.02. The molecular formula is C18H27N3. The van der Waals surface area contributed by atoms with Crippen LogP contribution in [0.5, 0.6) is 0 Å². The summed E-state index contributed by atoms with van der Waals surface area (Å²) in [5.41, 5.74) is 0.515. The molecule has 1 aliphatic carbocycles.